The minimum atomic E-state index is -4.63. The number of nitro benzene ring substituents is 1. The molecule has 0 spiro atoms. The van der Waals surface area contributed by atoms with Gasteiger partial charge in [-0.15, -0.1) is 0 Å². The van der Waals surface area contributed by atoms with Gasteiger partial charge in [0.05, 0.1) is 4.92 Å². The van der Waals surface area contributed by atoms with Crippen molar-refractivity contribution in [2.24, 2.45) is 0 Å². The van der Waals surface area contributed by atoms with Gasteiger partial charge < -0.3 is 5.11 Å². The van der Waals surface area contributed by atoms with E-state index in [1.807, 2.05) is 0 Å². The maximum absolute atomic E-state index is 13.9. The second-order valence-electron chi connectivity index (χ2n) is 4.81. The van der Waals surface area contributed by atoms with Gasteiger partial charge in [-0.2, -0.15) is 4.31 Å². The molecule has 1 atom stereocenters. The lowest BCUT2D eigenvalue weighted by Crippen LogP contribution is -2.48. The molecule has 2 rings (SSSR count). The third-order valence-corrected chi connectivity index (χ3v) is 5.42. The molecule has 0 saturated carbocycles. The largest absolute Gasteiger partial charge is 0.480 e. The molecule has 120 valence electrons. The average molecular weight is 332 g/mol. The average Bonchev–Trinajstić information content (AvgIpc) is 2.46. The molecule has 1 aliphatic rings. The number of carboxylic acid groups (broad SMARTS) is 1. The van der Waals surface area contributed by atoms with Crippen molar-refractivity contribution in [1.82, 2.24) is 4.31 Å². The Balaban J connectivity index is 2.60. The fraction of sp³-hybridized carbons (Fsp3) is 0.417. The van der Waals surface area contributed by atoms with E-state index in [1.165, 1.54) is 0 Å². The van der Waals surface area contributed by atoms with E-state index in [2.05, 4.69) is 0 Å². The fourth-order valence-corrected chi connectivity index (χ4v) is 4.31. The zero-order chi connectivity index (χ0) is 16.5. The molecule has 22 heavy (non-hydrogen) atoms. The number of nitro groups is 1. The summed E-state index contributed by atoms with van der Waals surface area (Å²) in [7, 11) is -4.63. The van der Waals surface area contributed by atoms with Crippen molar-refractivity contribution < 1.29 is 27.6 Å². The van der Waals surface area contributed by atoms with E-state index in [4.69, 9.17) is 5.11 Å². The number of halogens is 1. The maximum atomic E-state index is 13.9. The highest BCUT2D eigenvalue weighted by Crippen LogP contribution is 2.32. The lowest BCUT2D eigenvalue weighted by molar-refractivity contribution is -0.388. The lowest BCUT2D eigenvalue weighted by atomic mass is 10.1. The molecule has 1 N–H and O–H groups in total. The standard InChI is InChI=1S/C12H13FN2O6S/c13-8-4-3-6-9(15(18)19)11(8)22(20,21)14-7-2-1-5-10(14)12(16)17/h3-4,6,10H,1-2,5,7H2,(H,16,17). The van der Waals surface area contributed by atoms with Crippen molar-refractivity contribution in [2.75, 3.05) is 6.54 Å². The van der Waals surface area contributed by atoms with E-state index < -0.39 is 43.4 Å². The molecule has 1 heterocycles. The van der Waals surface area contributed by atoms with E-state index in [0.717, 1.165) is 18.2 Å². The maximum Gasteiger partial charge on any atom is 0.322 e. The highest BCUT2D eigenvalue weighted by Gasteiger charge is 2.42. The number of rotatable bonds is 4. The van der Waals surface area contributed by atoms with Crippen LogP contribution in [0.2, 0.25) is 0 Å². The number of carbonyl (C=O) groups is 1. The first-order valence-electron chi connectivity index (χ1n) is 6.44. The Morgan fingerprint density at radius 3 is 2.68 bits per heavy atom. The molecule has 0 aliphatic carbocycles. The summed E-state index contributed by atoms with van der Waals surface area (Å²) in [5.41, 5.74) is -0.908. The Bertz CT molecular complexity index is 720. The van der Waals surface area contributed by atoms with Gasteiger partial charge in [0.1, 0.15) is 11.9 Å². The molecule has 1 aliphatic heterocycles. The van der Waals surface area contributed by atoms with E-state index in [0.29, 0.717) is 17.1 Å². The fourth-order valence-electron chi connectivity index (χ4n) is 2.45. The molecule has 1 aromatic rings. The molecule has 0 bridgehead atoms. The van der Waals surface area contributed by atoms with Crippen LogP contribution in [0.25, 0.3) is 0 Å². The van der Waals surface area contributed by atoms with Crippen molar-refractivity contribution in [3.05, 3.63) is 34.1 Å². The Hall–Kier alpha value is -2.07. The molecule has 1 aromatic carbocycles. The highest BCUT2D eigenvalue weighted by molar-refractivity contribution is 7.89. The van der Waals surface area contributed by atoms with E-state index >= 15 is 0 Å². The quantitative estimate of drug-likeness (QED) is 0.657. The van der Waals surface area contributed by atoms with Gasteiger partial charge in [-0.1, -0.05) is 6.07 Å². The summed E-state index contributed by atoms with van der Waals surface area (Å²) in [6.45, 7) is -0.120. The normalized spacial score (nSPS) is 19.8. The van der Waals surface area contributed by atoms with Crippen LogP contribution in [0, 0.1) is 15.9 Å². The van der Waals surface area contributed by atoms with Gasteiger partial charge in [-0.05, 0) is 25.3 Å². The SMILES string of the molecule is O=C(O)C1CCCCN1S(=O)(=O)c1c(F)cccc1[N+](=O)[O-]. The number of nitrogens with zero attached hydrogens (tertiary/aromatic N) is 2. The van der Waals surface area contributed by atoms with E-state index in [-0.39, 0.29) is 13.0 Å². The van der Waals surface area contributed by atoms with Crippen molar-refractivity contribution >= 4 is 21.7 Å². The third-order valence-electron chi connectivity index (χ3n) is 3.45. The number of carboxylic acids is 1. The molecular formula is C12H13FN2O6S. The van der Waals surface area contributed by atoms with Crippen LogP contribution in [-0.2, 0) is 14.8 Å². The van der Waals surface area contributed by atoms with Gasteiger partial charge in [0.15, 0.2) is 4.90 Å². The Kier molecular flexibility index (Phi) is 4.42. The molecule has 0 radical (unpaired) electrons. The van der Waals surface area contributed by atoms with Crippen LogP contribution in [-0.4, -0.2) is 41.3 Å². The summed E-state index contributed by atoms with van der Waals surface area (Å²) in [5.74, 6) is -2.63. The number of hydrogen-bond donors (Lipinski definition) is 1. The molecule has 1 saturated heterocycles. The Morgan fingerprint density at radius 1 is 1.41 bits per heavy atom. The van der Waals surface area contributed by atoms with E-state index in [9.17, 15) is 27.7 Å². The summed E-state index contributed by atoms with van der Waals surface area (Å²) in [6.07, 6.45) is 1.00. The van der Waals surface area contributed by atoms with Crippen LogP contribution >= 0.6 is 0 Å². The molecule has 10 heteroatoms. The summed E-state index contributed by atoms with van der Waals surface area (Å²) in [6, 6.07) is 1.34. The number of benzene rings is 1. The number of aliphatic carboxylic acids is 1. The second-order valence-corrected chi connectivity index (χ2v) is 6.64. The second kappa shape index (κ2) is 5.97. The van der Waals surface area contributed by atoms with Crippen LogP contribution in [0.3, 0.4) is 0 Å². The summed E-state index contributed by atoms with van der Waals surface area (Å²) in [5, 5.41) is 20.1. The zero-order valence-electron chi connectivity index (χ0n) is 11.3. The van der Waals surface area contributed by atoms with Crippen LogP contribution in [0.4, 0.5) is 10.1 Å². The monoisotopic (exact) mass is 332 g/mol. The predicted molar refractivity (Wildman–Crippen MR) is 72.2 cm³/mol. The van der Waals surface area contributed by atoms with Crippen LogP contribution in [0.1, 0.15) is 19.3 Å². The highest BCUT2D eigenvalue weighted by atomic mass is 32.2. The third kappa shape index (κ3) is 2.79. The predicted octanol–water partition coefficient (Wildman–Crippen LogP) is 1.36. The van der Waals surface area contributed by atoms with Gasteiger partial charge in [0, 0.05) is 12.6 Å². The summed E-state index contributed by atoms with van der Waals surface area (Å²) >= 11 is 0. The zero-order valence-corrected chi connectivity index (χ0v) is 12.1. The molecule has 1 unspecified atom stereocenters. The minimum Gasteiger partial charge on any atom is -0.480 e. The summed E-state index contributed by atoms with van der Waals surface area (Å²) in [4.78, 5) is 20.1. The van der Waals surface area contributed by atoms with Crippen molar-refractivity contribution in [1.29, 1.82) is 0 Å². The van der Waals surface area contributed by atoms with Crippen molar-refractivity contribution in [3.8, 4) is 0 Å². The molecule has 8 nitrogen and oxygen atoms in total. The first-order valence-corrected chi connectivity index (χ1v) is 7.88. The molecule has 1 fully saturated rings. The smallest absolute Gasteiger partial charge is 0.322 e. The lowest BCUT2D eigenvalue weighted by Gasteiger charge is -2.31. The van der Waals surface area contributed by atoms with Crippen LogP contribution in [0.15, 0.2) is 23.1 Å². The Morgan fingerprint density at radius 2 is 2.09 bits per heavy atom. The minimum absolute atomic E-state index is 0.0802. The van der Waals surface area contributed by atoms with Crippen LogP contribution in [0.5, 0.6) is 0 Å². The van der Waals surface area contributed by atoms with Crippen LogP contribution < -0.4 is 0 Å². The number of hydrogen-bond acceptors (Lipinski definition) is 5. The first kappa shape index (κ1) is 16.3. The Labute approximate surface area is 125 Å². The molecule has 0 amide bonds. The van der Waals surface area contributed by atoms with Gasteiger partial charge in [-0.3, -0.25) is 14.9 Å². The van der Waals surface area contributed by atoms with Gasteiger partial charge in [-0.25, -0.2) is 12.8 Å². The van der Waals surface area contributed by atoms with Gasteiger partial charge >= 0.3 is 5.97 Å². The van der Waals surface area contributed by atoms with Gasteiger partial charge in [0.2, 0.25) is 0 Å². The van der Waals surface area contributed by atoms with Gasteiger partial charge in [0.25, 0.3) is 15.7 Å². The number of piperidine rings is 1. The summed E-state index contributed by atoms with van der Waals surface area (Å²) < 4.78 is 39.7. The molecule has 0 aromatic heterocycles. The molecular weight excluding hydrogens is 319 g/mol. The van der Waals surface area contributed by atoms with Crippen molar-refractivity contribution in [3.63, 3.8) is 0 Å². The van der Waals surface area contributed by atoms with E-state index in [1.54, 1.807) is 0 Å². The van der Waals surface area contributed by atoms with Crippen molar-refractivity contribution in [2.45, 2.75) is 30.2 Å². The number of sulfonamides is 1. The first-order chi connectivity index (χ1) is 10.3. The topological polar surface area (TPSA) is 118 Å².